The molecule has 0 saturated heterocycles. The molecule has 0 bridgehead atoms. The second kappa shape index (κ2) is 4.53. The molecule has 4 heteroatoms. The van der Waals surface area contributed by atoms with Gasteiger partial charge in [-0.15, -0.1) is 23.5 Å². The molecule has 0 amide bonds. The van der Waals surface area contributed by atoms with Crippen LogP contribution in [0.4, 0.5) is 0 Å². The maximum Gasteiger partial charge on any atom is 0.147 e. The highest BCUT2D eigenvalue weighted by Gasteiger charge is 2.21. The van der Waals surface area contributed by atoms with Crippen molar-refractivity contribution in [3.8, 4) is 0 Å². The summed E-state index contributed by atoms with van der Waals surface area (Å²) in [5.74, 6) is 1.96. The average molecular weight is 292 g/mol. The van der Waals surface area contributed by atoms with Gasteiger partial charge in [0.1, 0.15) is 22.7 Å². The zero-order valence-electron chi connectivity index (χ0n) is 11.7. The van der Waals surface area contributed by atoms with Crippen LogP contribution in [0.2, 0.25) is 0 Å². The summed E-state index contributed by atoms with van der Waals surface area (Å²) in [5.41, 5.74) is 3.11. The highest BCUT2D eigenvalue weighted by atomic mass is 32.2. The Bertz CT molecular complexity index is 781. The van der Waals surface area contributed by atoms with Crippen molar-refractivity contribution in [1.82, 2.24) is 0 Å². The van der Waals surface area contributed by atoms with Gasteiger partial charge in [-0.3, -0.25) is 0 Å². The van der Waals surface area contributed by atoms with Gasteiger partial charge >= 0.3 is 0 Å². The molecule has 3 rings (SSSR count). The Kier molecular flexibility index (Phi) is 3.10. The van der Waals surface area contributed by atoms with E-state index in [1.165, 1.54) is 20.7 Å². The van der Waals surface area contributed by atoms with E-state index in [1.807, 2.05) is 13.8 Å². The molecule has 2 nitrogen and oxygen atoms in total. The minimum absolute atomic E-state index is 0.924. The quantitative estimate of drug-likeness (QED) is 0.579. The van der Waals surface area contributed by atoms with Gasteiger partial charge in [-0.2, -0.15) is 0 Å². The van der Waals surface area contributed by atoms with Crippen LogP contribution in [-0.4, -0.2) is 12.5 Å². The Morgan fingerprint density at radius 3 is 2.05 bits per heavy atom. The fourth-order valence-corrected chi connectivity index (χ4v) is 4.20. The fraction of sp³-hybridized carbons (Fsp3) is 0.333. The molecule has 0 atom stereocenters. The molecule has 0 aliphatic heterocycles. The molecule has 2 heterocycles. The normalized spacial score (nSPS) is 11.8. The van der Waals surface area contributed by atoms with Gasteiger partial charge in [-0.1, -0.05) is 0 Å². The smallest absolute Gasteiger partial charge is 0.147 e. The number of rotatable bonds is 2. The highest BCUT2D eigenvalue weighted by Crippen LogP contribution is 2.43. The van der Waals surface area contributed by atoms with E-state index in [0.29, 0.717) is 0 Å². The molecule has 3 aromatic rings. The zero-order valence-corrected chi connectivity index (χ0v) is 13.3. The first-order valence-electron chi connectivity index (χ1n) is 6.12. The summed E-state index contributed by atoms with van der Waals surface area (Å²) in [4.78, 5) is 2.42. The lowest BCUT2D eigenvalue weighted by atomic mass is 10.1. The molecule has 0 aliphatic rings. The van der Waals surface area contributed by atoms with Gasteiger partial charge in [0.15, 0.2) is 0 Å². The van der Waals surface area contributed by atoms with Crippen molar-refractivity contribution in [3.63, 3.8) is 0 Å². The minimum atomic E-state index is 0.924. The third kappa shape index (κ3) is 1.73. The topological polar surface area (TPSA) is 26.3 Å². The van der Waals surface area contributed by atoms with Crippen molar-refractivity contribution in [2.75, 3.05) is 12.5 Å². The first-order valence-corrected chi connectivity index (χ1v) is 8.57. The molecule has 0 spiro atoms. The van der Waals surface area contributed by atoms with Crippen LogP contribution in [0.25, 0.3) is 21.9 Å². The molecule has 100 valence electrons. The van der Waals surface area contributed by atoms with Crippen molar-refractivity contribution in [2.45, 2.75) is 30.6 Å². The Hall–Kier alpha value is -1.000. The van der Waals surface area contributed by atoms with Gasteiger partial charge in [0.05, 0.1) is 15.2 Å². The van der Waals surface area contributed by atoms with Crippen LogP contribution in [0.1, 0.15) is 17.1 Å². The van der Waals surface area contributed by atoms with Crippen molar-refractivity contribution in [3.05, 3.63) is 23.2 Å². The predicted molar refractivity (Wildman–Crippen MR) is 83.8 cm³/mol. The van der Waals surface area contributed by atoms with Gasteiger partial charge in [-0.05, 0) is 44.9 Å². The van der Waals surface area contributed by atoms with Crippen LogP contribution >= 0.6 is 23.5 Å². The highest BCUT2D eigenvalue weighted by molar-refractivity contribution is 7.99. The molecule has 1 aromatic carbocycles. The van der Waals surface area contributed by atoms with Crippen LogP contribution in [0.5, 0.6) is 0 Å². The summed E-state index contributed by atoms with van der Waals surface area (Å²) in [6.07, 6.45) is 4.17. The second-order valence-electron chi connectivity index (χ2n) is 4.65. The third-order valence-electron chi connectivity index (χ3n) is 3.46. The number of hydrogen-bond donors (Lipinski definition) is 0. The molecule has 0 fully saturated rings. The molecule has 0 aliphatic carbocycles. The Morgan fingerprint density at radius 1 is 0.842 bits per heavy atom. The van der Waals surface area contributed by atoms with Crippen LogP contribution in [0.15, 0.2) is 24.7 Å². The summed E-state index contributed by atoms with van der Waals surface area (Å²) in [7, 11) is 0. The molecule has 0 saturated carbocycles. The van der Waals surface area contributed by atoms with Crippen molar-refractivity contribution >= 4 is 45.5 Å². The van der Waals surface area contributed by atoms with Gasteiger partial charge in [0, 0.05) is 5.39 Å². The molecular weight excluding hydrogens is 276 g/mol. The maximum atomic E-state index is 6.05. The number of aryl methyl sites for hydroxylation is 3. The van der Waals surface area contributed by atoms with E-state index >= 15 is 0 Å². The number of furan rings is 2. The molecule has 0 unspecified atom stereocenters. The summed E-state index contributed by atoms with van der Waals surface area (Å²) >= 11 is 3.46. The van der Waals surface area contributed by atoms with E-state index in [9.17, 15) is 0 Å². The Balaban J connectivity index is 2.58. The number of fused-ring (bicyclic) bond motifs is 3. The molecule has 19 heavy (non-hydrogen) atoms. The van der Waals surface area contributed by atoms with E-state index in [4.69, 9.17) is 8.83 Å². The third-order valence-corrected chi connectivity index (χ3v) is 5.26. The van der Waals surface area contributed by atoms with Gasteiger partial charge in [-0.25, -0.2) is 0 Å². The molecule has 0 N–H and O–H groups in total. The van der Waals surface area contributed by atoms with Gasteiger partial charge in [0.2, 0.25) is 0 Å². The Morgan fingerprint density at radius 2 is 1.42 bits per heavy atom. The number of hydrogen-bond acceptors (Lipinski definition) is 4. The van der Waals surface area contributed by atoms with Crippen molar-refractivity contribution in [1.29, 1.82) is 0 Å². The van der Waals surface area contributed by atoms with E-state index in [2.05, 4.69) is 25.5 Å². The average Bonchev–Trinajstić information content (AvgIpc) is 2.85. The summed E-state index contributed by atoms with van der Waals surface area (Å²) in [6, 6.07) is 2.12. The fourth-order valence-electron chi connectivity index (χ4n) is 2.69. The van der Waals surface area contributed by atoms with Gasteiger partial charge < -0.3 is 8.83 Å². The van der Waals surface area contributed by atoms with E-state index in [1.54, 1.807) is 23.5 Å². The summed E-state index contributed by atoms with van der Waals surface area (Å²) in [6.45, 7) is 6.16. The molecule has 2 aromatic heterocycles. The lowest BCUT2D eigenvalue weighted by Gasteiger charge is -2.00. The SMILES string of the molecule is CSc1c(C)oc2c1c(C)cc1oc(C)c(SC)c12. The lowest BCUT2D eigenvalue weighted by Crippen LogP contribution is -1.78. The van der Waals surface area contributed by atoms with Crippen LogP contribution < -0.4 is 0 Å². The Labute approximate surface area is 120 Å². The lowest BCUT2D eigenvalue weighted by molar-refractivity contribution is 0.567. The maximum absolute atomic E-state index is 6.05. The second-order valence-corrected chi connectivity index (χ2v) is 6.29. The zero-order chi connectivity index (χ0) is 13.7. The van der Waals surface area contributed by atoms with Gasteiger partial charge in [0.25, 0.3) is 0 Å². The van der Waals surface area contributed by atoms with Crippen LogP contribution in [0.3, 0.4) is 0 Å². The van der Waals surface area contributed by atoms with E-state index in [0.717, 1.165) is 28.1 Å². The van der Waals surface area contributed by atoms with Crippen molar-refractivity contribution in [2.24, 2.45) is 0 Å². The van der Waals surface area contributed by atoms with E-state index in [-0.39, 0.29) is 0 Å². The standard InChI is InChI=1S/C15H16O2S2/c1-7-6-10-12(15(19-5)8(2)16-10)13-11(7)14(18-4)9(3)17-13/h6H,1-5H3. The predicted octanol–water partition coefficient (Wildman–Crippen LogP) is 5.55. The summed E-state index contributed by atoms with van der Waals surface area (Å²) < 4.78 is 11.9. The van der Waals surface area contributed by atoms with Crippen LogP contribution in [-0.2, 0) is 0 Å². The van der Waals surface area contributed by atoms with E-state index < -0.39 is 0 Å². The number of thioether (sulfide) groups is 2. The number of benzene rings is 1. The largest absolute Gasteiger partial charge is 0.460 e. The van der Waals surface area contributed by atoms with Crippen molar-refractivity contribution < 1.29 is 8.83 Å². The monoisotopic (exact) mass is 292 g/mol. The first kappa shape index (κ1) is 13.0. The summed E-state index contributed by atoms with van der Waals surface area (Å²) in [5, 5.41) is 2.35. The minimum Gasteiger partial charge on any atom is -0.460 e. The molecule has 0 radical (unpaired) electrons. The molecular formula is C15H16O2S2. The van der Waals surface area contributed by atoms with Crippen LogP contribution in [0, 0.1) is 20.8 Å². The first-order chi connectivity index (χ1) is 9.08.